The standard InChI is InChI=1S/C19H23FN2O2/c1-13-5-6-14(2)17(9-13)21-19(23)12-22(3)11-15-7-8-18(24-4)16(20)10-15/h5-10H,11-12H2,1-4H3,(H,21,23). The molecule has 0 saturated carbocycles. The van der Waals surface area contributed by atoms with Crippen molar-refractivity contribution in [3.8, 4) is 5.75 Å². The van der Waals surface area contributed by atoms with Gasteiger partial charge in [0.1, 0.15) is 0 Å². The van der Waals surface area contributed by atoms with Crippen LogP contribution >= 0.6 is 0 Å². The quantitative estimate of drug-likeness (QED) is 0.881. The first-order valence-electron chi connectivity index (χ1n) is 7.77. The number of ether oxygens (including phenoxy) is 1. The van der Waals surface area contributed by atoms with Gasteiger partial charge in [0, 0.05) is 12.2 Å². The van der Waals surface area contributed by atoms with E-state index in [0.717, 1.165) is 22.4 Å². The van der Waals surface area contributed by atoms with Gasteiger partial charge in [0.15, 0.2) is 11.6 Å². The second kappa shape index (κ2) is 7.93. The third-order valence-corrected chi connectivity index (χ3v) is 3.75. The molecule has 2 aromatic carbocycles. The van der Waals surface area contributed by atoms with Crippen molar-refractivity contribution in [1.82, 2.24) is 4.90 Å². The zero-order chi connectivity index (χ0) is 17.7. The van der Waals surface area contributed by atoms with Crippen LogP contribution in [-0.2, 0) is 11.3 Å². The number of aryl methyl sites for hydroxylation is 2. The molecule has 128 valence electrons. The number of likely N-dealkylation sites (N-methyl/N-ethyl adjacent to an activating group) is 1. The number of benzene rings is 2. The third kappa shape index (κ3) is 4.80. The van der Waals surface area contributed by atoms with Gasteiger partial charge in [-0.15, -0.1) is 0 Å². The number of rotatable bonds is 6. The minimum atomic E-state index is -0.400. The van der Waals surface area contributed by atoms with E-state index in [0.29, 0.717) is 6.54 Å². The Morgan fingerprint density at radius 1 is 1.21 bits per heavy atom. The fourth-order valence-corrected chi connectivity index (χ4v) is 2.48. The molecule has 2 rings (SSSR count). The normalized spacial score (nSPS) is 10.8. The summed E-state index contributed by atoms with van der Waals surface area (Å²) in [5.74, 6) is -0.280. The first-order chi connectivity index (χ1) is 11.4. The van der Waals surface area contributed by atoms with E-state index < -0.39 is 5.82 Å². The van der Waals surface area contributed by atoms with Crippen LogP contribution in [0.4, 0.5) is 10.1 Å². The highest BCUT2D eigenvalue weighted by atomic mass is 19.1. The Morgan fingerprint density at radius 3 is 2.62 bits per heavy atom. The summed E-state index contributed by atoms with van der Waals surface area (Å²) in [5.41, 5.74) is 3.73. The van der Waals surface area contributed by atoms with Crippen molar-refractivity contribution in [3.05, 3.63) is 58.9 Å². The molecule has 0 aliphatic rings. The second-order valence-corrected chi connectivity index (χ2v) is 6.01. The zero-order valence-electron chi connectivity index (χ0n) is 14.5. The minimum Gasteiger partial charge on any atom is -0.494 e. The molecule has 0 radical (unpaired) electrons. The van der Waals surface area contributed by atoms with E-state index in [4.69, 9.17) is 4.74 Å². The summed E-state index contributed by atoms with van der Waals surface area (Å²) in [6, 6.07) is 10.8. The molecule has 0 atom stereocenters. The highest BCUT2D eigenvalue weighted by molar-refractivity contribution is 5.93. The smallest absolute Gasteiger partial charge is 0.238 e. The first-order valence-corrected chi connectivity index (χ1v) is 7.77. The highest BCUT2D eigenvalue weighted by Gasteiger charge is 2.10. The number of amides is 1. The van der Waals surface area contributed by atoms with Gasteiger partial charge in [0.05, 0.1) is 13.7 Å². The van der Waals surface area contributed by atoms with E-state index in [1.54, 1.807) is 12.1 Å². The molecule has 5 heteroatoms. The van der Waals surface area contributed by atoms with Gasteiger partial charge in [-0.3, -0.25) is 9.69 Å². The number of hydrogen-bond acceptors (Lipinski definition) is 3. The van der Waals surface area contributed by atoms with Crippen molar-refractivity contribution < 1.29 is 13.9 Å². The Labute approximate surface area is 142 Å². The Balaban J connectivity index is 1.94. The maximum absolute atomic E-state index is 13.7. The van der Waals surface area contributed by atoms with Crippen molar-refractivity contribution >= 4 is 11.6 Å². The summed E-state index contributed by atoms with van der Waals surface area (Å²) in [6.07, 6.45) is 0. The summed E-state index contributed by atoms with van der Waals surface area (Å²) in [7, 11) is 3.26. The molecule has 0 saturated heterocycles. The Kier molecular flexibility index (Phi) is 5.93. The number of nitrogens with zero attached hydrogens (tertiary/aromatic N) is 1. The largest absolute Gasteiger partial charge is 0.494 e. The van der Waals surface area contributed by atoms with Crippen LogP contribution in [0.5, 0.6) is 5.75 Å². The molecule has 0 spiro atoms. The van der Waals surface area contributed by atoms with Gasteiger partial charge in [-0.25, -0.2) is 4.39 Å². The monoisotopic (exact) mass is 330 g/mol. The lowest BCUT2D eigenvalue weighted by atomic mass is 10.1. The Morgan fingerprint density at radius 2 is 1.96 bits per heavy atom. The van der Waals surface area contributed by atoms with Gasteiger partial charge < -0.3 is 10.1 Å². The highest BCUT2D eigenvalue weighted by Crippen LogP contribution is 2.19. The first kappa shape index (κ1) is 17.9. The molecular weight excluding hydrogens is 307 g/mol. The van der Waals surface area contributed by atoms with Crippen LogP contribution in [0, 0.1) is 19.7 Å². The topological polar surface area (TPSA) is 41.6 Å². The maximum atomic E-state index is 13.7. The fraction of sp³-hybridized carbons (Fsp3) is 0.316. The Hall–Kier alpha value is -2.40. The molecule has 0 aromatic heterocycles. The molecule has 0 heterocycles. The lowest BCUT2D eigenvalue weighted by molar-refractivity contribution is -0.117. The van der Waals surface area contributed by atoms with Crippen LogP contribution in [-0.4, -0.2) is 31.5 Å². The van der Waals surface area contributed by atoms with Crippen LogP contribution in [0.25, 0.3) is 0 Å². The lowest BCUT2D eigenvalue weighted by Gasteiger charge is -2.17. The van der Waals surface area contributed by atoms with Gasteiger partial charge in [0.25, 0.3) is 0 Å². The van der Waals surface area contributed by atoms with Gasteiger partial charge in [-0.2, -0.15) is 0 Å². The van der Waals surface area contributed by atoms with Gasteiger partial charge >= 0.3 is 0 Å². The number of hydrogen-bond donors (Lipinski definition) is 1. The van der Waals surface area contributed by atoms with Crippen LogP contribution in [0.3, 0.4) is 0 Å². The SMILES string of the molecule is COc1ccc(CN(C)CC(=O)Nc2cc(C)ccc2C)cc1F. The van der Waals surface area contributed by atoms with E-state index in [-0.39, 0.29) is 18.2 Å². The molecule has 1 N–H and O–H groups in total. The van der Waals surface area contributed by atoms with Crippen molar-refractivity contribution in [3.63, 3.8) is 0 Å². The van der Waals surface area contributed by atoms with Crippen molar-refractivity contribution in [2.24, 2.45) is 0 Å². The summed E-state index contributed by atoms with van der Waals surface area (Å²) < 4.78 is 18.6. The second-order valence-electron chi connectivity index (χ2n) is 6.01. The van der Waals surface area contributed by atoms with Gasteiger partial charge in [-0.1, -0.05) is 18.2 Å². The average Bonchev–Trinajstić information content (AvgIpc) is 2.51. The van der Waals surface area contributed by atoms with E-state index in [1.165, 1.54) is 13.2 Å². The van der Waals surface area contributed by atoms with Crippen molar-refractivity contribution in [1.29, 1.82) is 0 Å². The molecule has 0 fully saturated rings. The number of methoxy groups -OCH3 is 1. The Bertz CT molecular complexity index is 731. The number of carbonyl (C=O) groups excluding carboxylic acids is 1. The predicted octanol–water partition coefficient (Wildman–Crippen LogP) is 3.52. The summed E-state index contributed by atoms with van der Waals surface area (Å²) in [4.78, 5) is 14.0. The van der Waals surface area contributed by atoms with E-state index in [1.807, 2.05) is 44.0 Å². The molecule has 0 bridgehead atoms. The number of nitrogens with one attached hydrogen (secondary N) is 1. The lowest BCUT2D eigenvalue weighted by Crippen LogP contribution is -2.30. The summed E-state index contributed by atoms with van der Waals surface area (Å²) in [5, 5.41) is 2.92. The van der Waals surface area contributed by atoms with E-state index >= 15 is 0 Å². The molecule has 24 heavy (non-hydrogen) atoms. The average molecular weight is 330 g/mol. The summed E-state index contributed by atoms with van der Waals surface area (Å²) >= 11 is 0. The molecule has 2 aromatic rings. The molecule has 0 aliphatic carbocycles. The molecule has 1 amide bonds. The number of anilines is 1. The minimum absolute atomic E-state index is 0.0971. The van der Waals surface area contributed by atoms with Gasteiger partial charge in [-0.05, 0) is 55.8 Å². The van der Waals surface area contributed by atoms with E-state index in [9.17, 15) is 9.18 Å². The molecular formula is C19H23FN2O2. The van der Waals surface area contributed by atoms with Crippen molar-refractivity contribution in [2.45, 2.75) is 20.4 Å². The van der Waals surface area contributed by atoms with Crippen LogP contribution in [0.1, 0.15) is 16.7 Å². The number of carbonyl (C=O) groups is 1. The maximum Gasteiger partial charge on any atom is 0.238 e. The molecule has 4 nitrogen and oxygen atoms in total. The van der Waals surface area contributed by atoms with Gasteiger partial charge in [0.2, 0.25) is 5.91 Å². The van der Waals surface area contributed by atoms with Crippen molar-refractivity contribution in [2.75, 3.05) is 26.0 Å². The van der Waals surface area contributed by atoms with Crippen LogP contribution < -0.4 is 10.1 Å². The zero-order valence-corrected chi connectivity index (χ0v) is 14.5. The predicted molar refractivity (Wildman–Crippen MR) is 93.8 cm³/mol. The molecule has 0 unspecified atom stereocenters. The fourth-order valence-electron chi connectivity index (χ4n) is 2.48. The summed E-state index contributed by atoms with van der Waals surface area (Å²) in [6.45, 7) is 4.64. The molecule has 0 aliphatic heterocycles. The van der Waals surface area contributed by atoms with Crippen LogP contribution in [0.15, 0.2) is 36.4 Å². The van der Waals surface area contributed by atoms with E-state index in [2.05, 4.69) is 5.32 Å². The van der Waals surface area contributed by atoms with Crippen LogP contribution in [0.2, 0.25) is 0 Å². The number of halogens is 1. The third-order valence-electron chi connectivity index (χ3n) is 3.75.